The molecule has 1 unspecified atom stereocenters. The Labute approximate surface area is 119 Å². The Morgan fingerprint density at radius 2 is 2.05 bits per heavy atom. The maximum absolute atomic E-state index is 14.0. The van der Waals surface area contributed by atoms with E-state index in [2.05, 4.69) is 24.4 Å². The van der Waals surface area contributed by atoms with Crippen molar-refractivity contribution >= 4 is 0 Å². The molecule has 1 N–H and O–H groups in total. The summed E-state index contributed by atoms with van der Waals surface area (Å²) < 4.78 is 14.0. The highest BCUT2D eigenvalue weighted by Crippen LogP contribution is 2.34. The zero-order chi connectivity index (χ0) is 14.1. The van der Waals surface area contributed by atoms with Gasteiger partial charge in [-0.3, -0.25) is 0 Å². The lowest BCUT2D eigenvalue weighted by molar-refractivity contribution is 0.549. The van der Waals surface area contributed by atoms with Crippen LogP contribution in [0.1, 0.15) is 36.1 Å². The fourth-order valence-corrected chi connectivity index (χ4v) is 3.10. The summed E-state index contributed by atoms with van der Waals surface area (Å²) in [6.07, 6.45) is 2.22. The number of nitrogens with one attached hydrogen (secondary N) is 1. The summed E-state index contributed by atoms with van der Waals surface area (Å²) in [7, 11) is 0. The Hall–Kier alpha value is -1.67. The van der Waals surface area contributed by atoms with Gasteiger partial charge in [0.05, 0.1) is 0 Å². The Balaban J connectivity index is 1.99. The topological polar surface area (TPSA) is 12.0 Å². The van der Waals surface area contributed by atoms with Crippen LogP contribution in [0.15, 0.2) is 36.4 Å². The van der Waals surface area contributed by atoms with Gasteiger partial charge in [0.25, 0.3) is 0 Å². The maximum atomic E-state index is 14.0. The van der Waals surface area contributed by atoms with Crippen LogP contribution in [0.25, 0.3) is 11.1 Å². The molecular formula is C18H20FN. The minimum absolute atomic E-state index is 0.142. The normalized spacial score (nSPS) is 17.2. The fourth-order valence-electron chi connectivity index (χ4n) is 3.10. The Bertz CT molecular complexity index is 633. The van der Waals surface area contributed by atoms with E-state index >= 15 is 0 Å². The lowest BCUT2D eigenvalue weighted by Gasteiger charge is -2.13. The fraction of sp³-hybridized carbons (Fsp3) is 0.333. The molecule has 0 aromatic heterocycles. The standard InChI is InChI=1S/C18H20FN/c1-3-20-18-9-6-13-11-14(5-7-15(13)18)16-10-12(2)4-8-17(16)19/h4-5,7-8,10-11,18,20H,3,6,9H2,1-2H3. The minimum Gasteiger partial charge on any atom is -0.310 e. The summed E-state index contributed by atoms with van der Waals surface area (Å²) in [5.74, 6) is -0.142. The molecule has 3 rings (SSSR count). The zero-order valence-electron chi connectivity index (χ0n) is 12.0. The van der Waals surface area contributed by atoms with Crippen molar-refractivity contribution in [3.8, 4) is 11.1 Å². The van der Waals surface area contributed by atoms with Crippen molar-refractivity contribution < 1.29 is 4.39 Å². The number of halogens is 1. The van der Waals surface area contributed by atoms with E-state index in [-0.39, 0.29) is 5.82 Å². The molecule has 2 aromatic carbocycles. The van der Waals surface area contributed by atoms with Crippen molar-refractivity contribution in [3.63, 3.8) is 0 Å². The summed E-state index contributed by atoms with van der Waals surface area (Å²) in [6.45, 7) is 5.12. The lowest BCUT2D eigenvalue weighted by Crippen LogP contribution is -2.18. The zero-order valence-corrected chi connectivity index (χ0v) is 12.0. The second kappa shape index (κ2) is 5.37. The first-order valence-corrected chi connectivity index (χ1v) is 7.31. The van der Waals surface area contributed by atoms with Gasteiger partial charge in [-0.05, 0) is 55.1 Å². The van der Waals surface area contributed by atoms with Crippen LogP contribution in [0, 0.1) is 12.7 Å². The van der Waals surface area contributed by atoms with Crippen molar-refractivity contribution in [2.24, 2.45) is 0 Å². The molecule has 104 valence electrons. The third-order valence-electron chi connectivity index (χ3n) is 4.10. The SMILES string of the molecule is CCNC1CCc2cc(-c3cc(C)ccc3F)ccc21. The number of aryl methyl sites for hydroxylation is 2. The summed E-state index contributed by atoms with van der Waals surface area (Å²) >= 11 is 0. The predicted octanol–water partition coefficient (Wildman–Crippen LogP) is 4.40. The molecule has 0 spiro atoms. The van der Waals surface area contributed by atoms with Crippen LogP contribution in [-0.4, -0.2) is 6.54 Å². The number of rotatable bonds is 3. The highest BCUT2D eigenvalue weighted by Gasteiger charge is 2.22. The van der Waals surface area contributed by atoms with E-state index in [1.807, 2.05) is 25.1 Å². The summed E-state index contributed by atoms with van der Waals surface area (Å²) in [5.41, 5.74) is 5.52. The molecule has 2 heteroatoms. The average Bonchev–Trinajstić information content (AvgIpc) is 2.84. The predicted molar refractivity (Wildman–Crippen MR) is 81.3 cm³/mol. The van der Waals surface area contributed by atoms with Gasteiger partial charge in [0.15, 0.2) is 0 Å². The molecule has 0 heterocycles. The second-order valence-electron chi connectivity index (χ2n) is 5.55. The first kappa shape index (κ1) is 13.3. The monoisotopic (exact) mass is 269 g/mol. The van der Waals surface area contributed by atoms with E-state index in [9.17, 15) is 4.39 Å². The van der Waals surface area contributed by atoms with Crippen LogP contribution in [0.5, 0.6) is 0 Å². The van der Waals surface area contributed by atoms with Gasteiger partial charge in [-0.15, -0.1) is 0 Å². The van der Waals surface area contributed by atoms with Gasteiger partial charge in [0.2, 0.25) is 0 Å². The molecule has 0 saturated heterocycles. The number of fused-ring (bicyclic) bond motifs is 1. The molecule has 0 saturated carbocycles. The van der Waals surface area contributed by atoms with Crippen LogP contribution in [0.4, 0.5) is 4.39 Å². The van der Waals surface area contributed by atoms with E-state index < -0.39 is 0 Å². The van der Waals surface area contributed by atoms with Crippen molar-refractivity contribution in [1.82, 2.24) is 5.32 Å². The Morgan fingerprint density at radius 1 is 1.20 bits per heavy atom. The quantitative estimate of drug-likeness (QED) is 0.871. The summed E-state index contributed by atoms with van der Waals surface area (Å²) in [6, 6.07) is 12.1. The number of benzene rings is 2. The van der Waals surface area contributed by atoms with E-state index in [0.717, 1.165) is 30.5 Å². The van der Waals surface area contributed by atoms with E-state index in [4.69, 9.17) is 0 Å². The molecule has 0 radical (unpaired) electrons. The molecule has 20 heavy (non-hydrogen) atoms. The van der Waals surface area contributed by atoms with E-state index in [1.165, 1.54) is 11.1 Å². The highest BCUT2D eigenvalue weighted by atomic mass is 19.1. The van der Waals surface area contributed by atoms with Gasteiger partial charge < -0.3 is 5.32 Å². The third kappa shape index (κ3) is 2.36. The Kier molecular flexibility index (Phi) is 3.58. The molecule has 0 bridgehead atoms. The molecule has 0 amide bonds. The first-order chi connectivity index (χ1) is 9.69. The van der Waals surface area contributed by atoms with Crippen LogP contribution < -0.4 is 5.32 Å². The second-order valence-corrected chi connectivity index (χ2v) is 5.55. The van der Waals surface area contributed by atoms with Crippen molar-refractivity contribution in [1.29, 1.82) is 0 Å². The van der Waals surface area contributed by atoms with E-state index in [1.54, 1.807) is 6.07 Å². The Morgan fingerprint density at radius 3 is 2.85 bits per heavy atom. The highest BCUT2D eigenvalue weighted by molar-refractivity contribution is 5.67. The first-order valence-electron chi connectivity index (χ1n) is 7.31. The van der Waals surface area contributed by atoms with Crippen LogP contribution in [0.2, 0.25) is 0 Å². The van der Waals surface area contributed by atoms with Gasteiger partial charge in [-0.2, -0.15) is 0 Å². The molecule has 0 aliphatic heterocycles. The van der Waals surface area contributed by atoms with E-state index in [0.29, 0.717) is 11.6 Å². The van der Waals surface area contributed by atoms with Crippen LogP contribution in [-0.2, 0) is 6.42 Å². The molecular weight excluding hydrogens is 249 g/mol. The molecule has 2 aromatic rings. The minimum atomic E-state index is -0.142. The molecule has 0 fully saturated rings. The third-order valence-corrected chi connectivity index (χ3v) is 4.10. The van der Waals surface area contributed by atoms with Crippen molar-refractivity contribution in [2.75, 3.05) is 6.54 Å². The average molecular weight is 269 g/mol. The van der Waals surface area contributed by atoms with Gasteiger partial charge in [-0.25, -0.2) is 4.39 Å². The molecule has 1 atom stereocenters. The molecule has 1 nitrogen and oxygen atoms in total. The smallest absolute Gasteiger partial charge is 0.131 e. The number of hydrogen-bond donors (Lipinski definition) is 1. The summed E-state index contributed by atoms with van der Waals surface area (Å²) in [5, 5.41) is 3.51. The molecule has 1 aliphatic rings. The molecule has 1 aliphatic carbocycles. The van der Waals surface area contributed by atoms with Crippen molar-refractivity contribution in [3.05, 3.63) is 58.9 Å². The van der Waals surface area contributed by atoms with Crippen LogP contribution in [0.3, 0.4) is 0 Å². The van der Waals surface area contributed by atoms with Gasteiger partial charge in [0.1, 0.15) is 5.82 Å². The van der Waals surface area contributed by atoms with Crippen LogP contribution >= 0.6 is 0 Å². The van der Waals surface area contributed by atoms with Crippen molar-refractivity contribution in [2.45, 2.75) is 32.7 Å². The van der Waals surface area contributed by atoms with Gasteiger partial charge in [0, 0.05) is 11.6 Å². The largest absolute Gasteiger partial charge is 0.310 e. The van der Waals surface area contributed by atoms with Gasteiger partial charge in [-0.1, -0.05) is 36.8 Å². The maximum Gasteiger partial charge on any atom is 0.131 e. The lowest BCUT2D eigenvalue weighted by atomic mass is 9.98. The summed E-state index contributed by atoms with van der Waals surface area (Å²) in [4.78, 5) is 0. The van der Waals surface area contributed by atoms with Gasteiger partial charge >= 0.3 is 0 Å². The number of hydrogen-bond acceptors (Lipinski definition) is 1.